The van der Waals surface area contributed by atoms with Gasteiger partial charge in [-0.3, -0.25) is 14.3 Å². The summed E-state index contributed by atoms with van der Waals surface area (Å²) in [6.45, 7) is 0.154. The Balaban J connectivity index is 1.26. The van der Waals surface area contributed by atoms with Gasteiger partial charge in [-0.1, -0.05) is 0 Å². The number of aliphatic hydroxyl groups excluding tert-OH is 2. The first-order valence-electron chi connectivity index (χ1n) is 10.1. The highest BCUT2D eigenvalue weighted by atomic mass is 16.5. The molecule has 4 atom stereocenters. The molecule has 1 aliphatic carbocycles. The molecule has 1 saturated carbocycles. The lowest BCUT2D eigenvalue weighted by atomic mass is 9.97. The van der Waals surface area contributed by atoms with E-state index >= 15 is 0 Å². The van der Waals surface area contributed by atoms with Crippen LogP contribution in [-0.2, 0) is 18.3 Å². The zero-order chi connectivity index (χ0) is 21.7. The van der Waals surface area contributed by atoms with E-state index in [9.17, 15) is 19.8 Å². The summed E-state index contributed by atoms with van der Waals surface area (Å²) in [6.07, 6.45) is 1.61. The number of nitrogens with zero attached hydrogens (tertiary/aromatic N) is 5. The predicted molar refractivity (Wildman–Crippen MR) is 106 cm³/mol. The lowest BCUT2D eigenvalue weighted by molar-refractivity contribution is -0.152. The number of hydrogen-bond acceptors (Lipinski definition) is 8. The number of ether oxygens (including phenoxy) is 1. The molecule has 1 aliphatic heterocycles. The van der Waals surface area contributed by atoms with Gasteiger partial charge >= 0.3 is 0 Å². The number of carbonyl (C=O) groups excluding carboxylic acids is 1. The van der Waals surface area contributed by atoms with Gasteiger partial charge < -0.3 is 29.8 Å². The van der Waals surface area contributed by atoms with Crippen molar-refractivity contribution >= 4 is 17.1 Å². The minimum Gasteiger partial charge on any atom is -0.388 e. The van der Waals surface area contributed by atoms with Crippen LogP contribution >= 0.6 is 0 Å². The molecule has 2 fully saturated rings. The molecule has 0 aromatic carbocycles. The summed E-state index contributed by atoms with van der Waals surface area (Å²) < 4.78 is 8.84. The summed E-state index contributed by atoms with van der Waals surface area (Å²) in [4.78, 5) is 35.1. The molecule has 3 aromatic heterocycles. The molecule has 12 nitrogen and oxygen atoms in total. The van der Waals surface area contributed by atoms with Gasteiger partial charge in [0, 0.05) is 13.0 Å². The van der Waals surface area contributed by atoms with E-state index in [0.29, 0.717) is 17.3 Å². The Bertz CT molecular complexity index is 1180. The monoisotopic (exact) mass is 429 g/mol. The molecule has 3 aromatic rings. The van der Waals surface area contributed by atoms with Crippen molar-refractivity contribution in [2.75, 3.05) is 6.61 Å². The van der Waals surface area contributed by atoms with Crippen LogP contribution in [0.5, 0.6) is 0 Å². The molecule has 12 heteroatoms. The Morgan fingerprint density at radius 3 is 2.90 bits per heavy atom. The van der Waals surface area contributed by atoms with Crippen molar-refractivity contribution in [2.24, 2.45) is 7.05 Å². The van der Waals surface area contributed by atoms with Crippen LogP contribution in [0.1, 0.15) is 34.9 Å². The highest BCUT2D eigenvalue weighted by Crippen LogP contribution is 2.39. The number of carbonyl (C=O) groups is 1. The molecule has 0 bridgehead atoms. The maximum absolute atomic E-state index is 12.7. The van der Waals surface area contributed by atoms with Crippen LogP contribution in [0.4, 0.5) is 0 Å². The molecule has 0 unspecified atom stereocenters. The number of aromatic nitrogens is 6. The summed E-state index contributed by atoms with van der Waals surface area (Å²) in [6, 6.07) is 0.986. The second kappa shape index (κ2) is 7.55. The van der Waals surface area contributed by atoms with E-state index in [-0.39, 0.29) is 30.1 Å². The molecular weight excluding hydrogens is 406 g/mol. The lowest BCUT2D eigenvalue weighted by Gasteiger charge is -2.38. The van der Waals surface area contributed by atoms with Gasteiger partial charge in [-0.2, -0.15) is 5.10 Å². The van der Waals surface area contributed by atoms with Gasteiger partial charge in [0.25, 0.3) is 11.5 Å². The van der Waals surface area contributed by atoms with Gasteiger partial charge in [-0.15, -0.1) is 0 Å². The molecular formula is C19H23N7O5. The van der Waals surface area contributed by atoms with Crippen molar-refractivity contribution in [1.82, 2.24) is 34.6 Å². The molecule has 31 heavy (non-hydrogen) atoms. The third-order valence-corrected chi connectivity index (χ3v) is 5.86. The van der Waals surface area contributed by atoms with Gasteiger partial charge in [0.1, 0.15) is 24.0 Å². The first-order chi connectivity index (χ1) is 14.9. The molecule has 4 heterocycles. The van der Waals surface area contributed by atoms with E-state index < -0.39 is 24.4 Å². The van der Waals surface area contributed by atoms with E-state index in [1.165, 1.54) is 17.3 Å². The van der Waals surface area contributed by atoms with Gasteiger partial charge in [0.05, 0.1) is 37.5 Å². The van der Waals surface area contributed by atoms with Crippen LogP contribution in [0.2, 0.25) is 0 Å². The second-order valence-electron chi connectivity index (χ2n) is 8.09. The normalized spacial score (nSPS) is 26.3. The molecule has 0 radical (unpaired) electrons. The van der Waals surface area contributed by atoms with Crippen LogP contribution in [0, 0.1) is 0 Å². The van der Waals surface area contributed by atoms with Gasteiger partial charge in [0.2, 0.25) is 0 Å². The average Bonchev–Trinajstić information content (AvgIpc) is 3.40. The fourth-order valence-electron chi connectivity index (χ4n) is 3.91. The fourth-order valence-corrected chi connectivity index (χ4v) is 3.91. The topological polar surface area (TPSA) is 160 Å². The van der Waals surface area contributed by atoms with E-state index in [1.807, 2.05) is 0 Å². The molecule has 1 saturated heterocycles. The predicted octanol–water partition coefficient (Wildman–Crippen LogP) is -1.35. The van der Waals surface area contributed by atoms with E-state index in [2.05, 4.69) is 25.4 Å². The van der Waals surface area contributed by atoms with E-state index in [1.54, 1.807) is 17.7 Å². The largest absolute Gasteiger partial charge is 0.388 e. The van der Waals surface area contributed by atoms with E-state index in [4.69, 9.17) is 4.74 Å². The minimum atomic E-state index is -1.26. The minimum absolute atomic E-state index is 0.0165. The van der Waals surface area contributed by atoms with Crippen molar-refractivity contribution in [3.8, 4) is 0 Å². The Morgan fingerprint density at radius 1 is 1.32 bits per heavy atom. The first kappa shape index (κ1) is 19.8. The number of aliphatic hydroxyl groups is 2. The van der Waals surface area contributed by atoms with Gasteiger partial charge in [-0.25, -0.2) is 9.97 Å². The number of imidazole rings is 1. The number of amides is 1. The third kappa shape index (κ3) is 3.62. The zero-order valence-corrected chi connectivity index (χ0v) is 16.8. The molecule has 4 N–H and O–H groups in total. The maximum Gasteiger partial charge on any atom is 0.278 e. The number of hydrogen-bond donors (Lipinski definition) is 4. The third-order valence-electron chi connectivity index (χ3n) is 5.86. The van der Waals surface area contributed by atoms with Gasteiger partial charge in [0.15, 0.2) is 11.2 Å². The number of H-pyrrole nitrogens is 1. The van der Waals surface area contributed by atoms with E-state index in [0.717, 1.165) is 18.5 Å². The summed E-state index contributed by atoms with van der Waals surface area (Å²) in [5, 5.41) is 28.3. The smallest absolute Gasteiger partial charge is 0.278 e. The van der Waals surface area contributed by atoms with Crippen molar-refractivity contribution in [2.45, 2.75) is 49.7 Å². The van der Waals surface area contributed by atoms with Crippen molar-refractivity contribution in [3.63, 3.8) is 0 Å². The Hall–Kier alpha value is -3.09. The summed E-state index contributed by atoms with van der Waals surface area (Å²) in [7, 11) is 1.70. The number of fused-ring (bicyclic) bond motifs is 1. The fraction of sp³-hybridized carbons (Fsp3) is 0.526. The maximum atomic E-state index is 12.7. The SMILES string of the molecule is Cn1nc(C2CC2)cc1C(=O)N[C@@H]1CO[C@H](Cn2cnc3c(=O)[nH]cnc32)[C@@H](O)[C@H]1O. The van der Waals surface area contributed by atoms with Crippen LogP contribution in [0.25, 0.3) is 11.2 Å². The van der Waals surface area contributed by atoms with Crippen LogP contribution in [0.15, 0.2) is 23.5 Å². The highest BCUT2D eigenvalue weighted by Gasteiger charge is 2.40. The Kier molecular flexibility index (Phi) is 4.84. The first-order valence-corrected chi connectivity index (χ1v) is 10.1. The van der Waals surface area contributed by atoms with Crippen LogP contribution in [0.3, 0.4) is 0 Å². The molecule has 164 valence electrons. The summed E-state index contributed by atoms with van der Waals surface area (Å²) >= 11 is 0. The van der Waals surface area contributed by atoms with Crippen LogP contribution in [-0.4, -0.2) is 76.4 Å². The molecule has 2 aliphatic rings. The highest BCUT2D eigenvalue weighted by molar-refractivity contribution is 5.93. The number of rotatable bonds is 5. The number of nitrogens with one attached hydrogen (secondary N) is 2. The van der Waals surface area contributed by atoms with Gasteiger partial charge in [-0.05, 0) is 18.9 Å². The molecule has 0 spiro atoms. The zero-order valence-electron chi connectivity index (χ0n) is 16.8. The van der Waals surface area contributed by atoms with Crippen molar-refractivity contribution in [3.05, 3.63) is 40.5 Å². The van der Waals surface area contributed by atoms with Crippen molar-refractivity contribution < 1.29 is 19.7 Å². The molecule has 5 rings (SSSR count). The van der Waals surface area contributed by atoms with Crippen LogP contribution < -0.4 is 10.9 Å². The Morgan fingerprint density at radius 2 is 2.13 bits per heavy atom. The second-order valence-corrected chi connectivity index (χ2v) is 8.09. The number of aryl methyl sites for hydroxylation is 1. The standard InChI is InChI=1S/C19H23N7O5/c1-25-12(4-10(24-25)9-2-3-9)18(29)23-11-6-31-13(16(28)15(11)27)5-26-8-22-14-17(26)20-7-21-19(14)30/h4,7-9,11,13,15-16,27-28H,2-3,5-6H2,1H3,(H,23,29)(H,20,21,30)/t11-,13-,15+,16-/m1/s1. The lowest BCUT2D eigenvalue weighted by Crippen LogP contribution is -2.60. The molecule has 1 amide bonds. The quantitative estimate of drug-likeness (QED) is 0.387. The average molecular weight is 429 g/mol. The summed E-state index contributed by atoms with van der Waals surface area (Å²) in [5.74, 6) is 0.0347. The summed E-state index contributed by atoms with van der Waals surface area (Å²) in [5.41, 5.74) is 1.46. The van der Waals surface area contributed by atoms with Crippen molar-refractivity contribution in [1.29, 1.82) is 0 Å². The number of aromatic amines is 1. The Labute approximate surface area is 175 Å².